The zero-order chi connectivity index (χ0) is 13.1. The van der Waals surface area contributed by atoms with E-state index in [1.54, 1.807) is 0 Å². The van der Waals surface area contributed by atoms with Crippen molar-refractivity contribution in [1.82, 2.24) is 19.7 Å². The first kappa shape index (κ1) is 12.8. The Hall–Kier alpha value is -1.61. The zero-order valence-corrected chi connectivity index (χ0v) is 11.0. The molecule has 2 N–H and O–H groups in total. The van der Waals surface area contributed by atoms with Gasteiger partial charge in [0, 0.05) is 5.38 Å². The minimum Gasteiger partial charge on any atom is -0.481 e. The summed E-state index contributed by atoms with van der Waals surface area (Å²) in [5.74, 6) is -1.09. The molecule has 0 saturated carbocycles. The molecule has 0 spiro atoms. The SMILES string of the molecule is Cc1nc(Cn2c(SCC(=O)O)n[nH]c2=O)cs1. The van der Waals surface area contributed by atoms with Crippen LogP contribution in [0.2, 0.25) is 0 Å². The van der Waals surface area contributed by atoms with E-state index in [0.29, 0.717) is 11.7 Å². The largest absolute Gasteiger partial charge is 0.481 e. The van der Waals surface area contributed by atoms with E-state index in [9.17, 15) is 9.59 Å². The molecule has 0 atom stereocenters. The minimum absolute atomic E-state index is 0.139. The lowest BCUT2D eigenvalue weighted by molar-refractivity contribution is -0.133. The first-order valence-electron chi connectivity index (χ1n) is 4.97. The molecule has 2 aromatic rings. The summed E-state index contributed by atoms with van der Waals surface area (Å²) in [7, 11) is 0. The van der Waals surface area contributed by atoms with Crippen LogP contribution in [0.25, 0.3) is 0 Å². The summed E-state index contributed by atoms with van der Waals surface area (Å²) in [6.45, 7) is 2.17. The lowest BCUT2D eigenvalue weighted by Gasteiger charge is -2.01. The van der Waals surface area contributed by atoms with E-state index in [-0.39, 0.29) is 11.4 Å². The Morgan fingerprint density at radius 3 is 3.06 bits per heavy atom. The van der Waals surface area contributed by atoms with Crippen molar-refractivity contribution >= 4 is 29.1 Å². The Balaban J connectivity index is 2.18. The number of carboxylic acids is 1. The van der Waals surface area contributed by atoms with Crippen molar-refractivity contribution in [1.29, 1.82) is 0 Å². The van der Waals surface area contributed by atoms with Gasteiger partial charge in [-0.05, 0) is 6.92 Å². The van der Waals surface area contributed by atoms with Gasteiger partial charge >= 0.3 is 11.7 Å². The number of nitrogens with zero attached hydrogens (tertiary/aromatic N) is 3. The van der Waals surface area contributed by atoms with Gasteiger partial charge < -0.3 is 5.11 Å². The Morgan fingerprint density at radius 2 is 2.44 bits per heavy atom. The summed E-state index contributed by atoms with van der Waals surface area (Å²) in [6.07, 6.45) is 0. The molecular formula is C9H10N4O3S2. The van der Waals surface area contributed by atoms with Crippen LogP contribution in [0.15, 0.2) is 15.3 Å². The fourth-order valence-corrected chi connectivity index (χ4v) is 2.59. The molecule has 2 rings (SSSR count). The Bertz CT molecular complexity index is 615. The summed E-state index contributed by atoms with van der Waals surface area (Å²) < 4.78 is 1.38. The van der Waals surface area contributed by atoms with Gasteiger partial charge in [0.1, 0.15) is 0 Å². The molecule has 0 fully saturated rings. The standard InChI is InChI=1S/C9H10N4O3S2/c1-5-10-6(3-17-5)2-13-8(16)11-12-9(13)18-4-7(14)15/h3H,2,4H2,1H3,(H,11,16)(H,14,15). The lowest BCUT2D eigenvalue weighted by atomic mass is 10.5. The molecule has 0 amide bonds. The van der Waals surface area contributed by atoms with Crippen molar-refractivity contribution in [2.24, 2.45) is 0 Å². The van der Waals surface area contributed by atoms with E-state index in [1.165, 1.54) is 15.9 Å². The van der Waals surface area contributed by atoms with E-state index >= 15 is 0 Å². The number of thioether (sulfide) groups is 1. The molecule has 96 valence electrons. The monoisotopic (exact) mass is 286 g/mol. The highest BCUT2D eigenvalue weighted by Gasteiger charge is 2.12. The van der Waals surface area contributed by atoms with Gasteiger partial charge in [0.25, 0.3) is 0 Å². The van der Waals surface area contributed by atoms with Crippen molar-refractivity contribution in [2.45, 2.75) is 18.6 Å². The topological polar surface area (TPSA) is 101 Å². The highest BCUT2D eigenvalue weighted by molar-refractivity contribution is 7.99. The average Bonchev–Trinajstić information content (AvgIpc) is 2.85. The molecule has 2 aromatic heterocycles. The molecule has 0 aliphatic carbocycles. The number of hydrogen-bond donors (Lipinski definition) is 2. The highest BCUT2D eigenvalue weighted by Crippen LogP contribution is 2.15. The van der Waals surface area contributed by atoms with Crippen LogP contribution < -0.4 is 5.69 Å². The Morgan fingerprint density at radius 1 is 1.67 bits per heavy atom. The quantitative estimate of drug-likeness (QED) is 0.779. The van der Waals surface area contributed by atoms with Gasteiger partial charge in [0.05, 0.1) is 23.0 Å². The third kappa shape index (κ3) is 2.99. The maximum absolute atomic E-state index is 11.6. The molecule has 7 nitrogen and oxygen atoms in total. The molecule has 9 heteroatoms. The smallest absolute Gasteiger partial charge is 0.344 e. The minimum atomic E-state index is -0.952. The van der Waals surface area contributed by atoms with Crippen LogP contribution in [0.4, 0.5) is 0 Å². The number of aromatic nitrogens is 4. The van der Waals surface area contributed by atoms with Gasteiger partial charge in [0.2, 0.25) is 0 Å². The third-order valence-corrected chi connectivity index (χ3v) is 3.82. The van der Waals surface area contributed by atoms with Crippen LogP contribution in [-0.4, -0.2) is 36.6 Å². The average molecular weight is 286 g/mol. The maximum atomic E-state index is 11.6. The molecule has 0 aliphatic rings. The van der Waals surface area contributed by atoms with Crippen molar-refractivity contribution in [3.8, 4) is 0 Å². The van der Waals surface area contributed by atoms with E-state index < -0.39 is 5.97 Å². The number of aliphatic carboxylic acids is 1. The maximum Gasteiger partial charge on any atom is 0.344 e. The predicted octanol–water partition coefficient (Wildman–Crippen LogP) is 0.561. The number of carboxylic acid groups (broad SMARTS) is 1. The number of rotatable bonds is 5. The van der Waals surface area contributed by atoms with Crippen LogP contribution in [0.1, 0.15) is 10.7 Å². The number of H-pyrrole nitrogens is 1. The molecule has 0 unspecified atom stereocenters. The first-order chi connectivity index (χ1) is 8.56. The van der Waals surface area contributed by atoms with E-state index in [1.807, 2.05) is 12.3 Å². The summed E-state index contributed by atoms with van der Waals surface area (Å²) in [4.78, 5) is 26.3. The van der Waals surface area contributed by atoms with Crippen molar-refractivity contribution in [2.75, 3.05) is 5.75 Å². The predicted molar refractivity (Wildman–Crippen MR) is 67.2 cm³/mol. The second-order valence-electron chi connectivity index (χ2n) is 3.44. The van der Waals surface area contributed by atoms with Gasteiger partial charge in [-0.3, -0.25) is 9.36 Å². The second kappa shape index (κ2) is 5.36. The number of aromatic amines is 1. The van der Waals surface area contributed by atoms with Gasteiger partial charge in [0.15, 0.2) is 5.16 Å². The molecule has 0 aliphatic heterocycles. The van der Waals surface area contributed by atoms with Crippen molar-refractivity contribution < 1.29 is 9.90 Å². The molecule has 0 bridgehead atoms. The van der Waals surface area contributed by atoms with Gasteiger partial charge in [-0.15, -0.1) is 16.4 Å². The molecular weight excluding hydrogens is 276 g/mol. The Labute approximate surface area is 110 Å². The molecule has 0 saturated heterocycles. The molecule has 2 heterocycles. The number of thiazole rings is 1. The molecule has 18 heavy (non-hydrogen) atoms. The fourth-order valence-electron chi connectivity index (χ4n) is 1.32. The van der Waals surface area contributed by atoms with Crippen molar-refractivity contribution in [3.63, 3.8) is 0 Å². The first-order valence-corrected chi connectivity index (χ1v) is 6.83. The molecule has 0 aromatic carbocycles. The van der Waals surface area contributed by atoms with Crippen LogP contribution in [-0.2, 0) is 11.3 Å². The van der Waals surface area contributed by atoms with E-state index in [4.69, 9.17) is 5.11 Å². The third-order valence-electron chi connectivity index (χ3n) is 2.03. The summed E-state index contributed by atoms with van der Waals surface area (Å²) in [5.41, 5.74) is 0.395. The number of aryl methyl sites for hydroxylation is 1. The lowest BCUT2D eigenvalue weighted by Crippen LogP contribution is -2.18. The van der Waals surface area contributed by atoms with E-state index in [0.717, 1.165) is 22.5 Å². The van der Waals surface area contributed by atoms with Gasteiger partial charge in [-0.2, -0.15) is 0 Å². The molecule has 0 radical (unpaired) electrons. The second-order valence-corrected chi connectivity index (χ2v) is 5.44. The van der Waals surface area contributed by atoms with Crippen LogP contribution in [0, 0.1) is 6.92 Å². The van der Waals surface area contributed by atoms with Crippen molar-refractivity contribution in [3.05, 3.63) is 26.6 Å². The van der Waals surface area contributed by atoms with Crippen LogP contribution >= 0.6 is 23.1 Å². The van der Waals surface area contributed by atoms with E-state index in [2.05, 4.69) is 15.2 Å². The van der Waals surface area contributed by atoms with Gasteiger partial charge in [-0.1, -0.05) is 11.8 Å². The van der Waals surface area contributed by atoms with Crippen LogP contribution in [0.3, 0.4) is 0 Å². The normalized spacial score (nSPS) is 10.7. The summed E-state index contributed by atoms with van der Waals surface area (Å²) in [6, 6.07) is 0. The number of carbonyl (C=O) groups is 1. The van der Waals surface area contributed by atoms with Crippen LogP contribution in [0.5, 0.6) is 0 Å². The Kier molecular flexibility index (Phi) is 3.82. The highest BCUT2D eigenvalue weighted by atomic mass is 32.2. The number of nitrogens with one attached hydrogen (secondary N) is 1. The summed E-state index contributed by atoms with van der Waals surface area (Å²) in [5, 5.41) is 17.8. The van der Waals surface area contributed by atoms with Gasteiger partial charge in [-0.25, -0.2) is 14.9 Å². The zero-order valence-electron chi connectivity index (χ0n) is 9.41. The summed E-state index contributed by atoms with van der Waals surface area (Å²) >= 11 is 2.50. The fraction of sp³-hybridized carbons (Fsp3) is 0.333. The number of hydrogen-bond acceptors (Lipinski definition) is 6.